The quantitative estimate of drug-likeness (QED) is 0.711. The van der Waals surface area contributed by atoms with Crippen molar-refractivity contribution in [2.75, 3.05) is 11.9 Å². The van der Waals surface area contributed by atoms with E-state index in [1.54, 1.807) is 7.05 Å². The first-order chi connectivity index (χ1) is 6.66. The number of hydrogen-bond acceptors (Lipinski definition) is 2. The Labute approximate surface area is 83.6 Å². The van der Waals surface area contributed by atoms with E-state index in [0.717, 1.165) is 11.3 Å². The molecule has 1 aromatic rings. The van der Waals surface area contributed by atoms with Crippen LogP contribution in [0.3, 0.4) is 0 Å². The SMILES string of the molecule is Cc1ccccc1N(C)C(=O)CC#N. The number of nitriles is 1. The Morgan fingerprint density at radius 1 is 1.50 bits per heavy atom. The van der Waals surface area contributed by atoms with Crippen molar-refractivity contribution in [1.29, 1.82) is 5.26 Å². The van der Waals surface area contributed by atoms with Crippen molar-refractivity contribution in [2.45, 2.75) is 13.3 Å². The van der Waals surface area contributed by atoms with E-state index >= 15 is 0 Å². The average molecular weight is 188 g/mol. The highest BCUT2D eigenvalue weighted by Gasteiger charge is 2.11. The molecule has 0 N–H and O–H groups in total. The first kappa shape index (κ1) is 10.3. The van der Waals surface area contributed by atoms with Crippen molar-refractivity contribution in [2.24, 2.45) is 0 Å². The zero-order valence-electron chi connectivity index (χ0n) is 8.32. The van der Waals surface area contributed by atoms with E-state index in [1.807, 2.05) is 37.3 Å². The fraction of sp³-hybridized carbons (Fsp3) is 0.273. The molecular formula is C11H12N2O. The highest BCUT2D eigenvalue weighted by molar-refractivity contribution is 5.94. The van der Waals surface area contributed by atoms with Crippen molar-refractivity contribution in [3.05, 3.63) is 29.8 Å². The fourth-order valence-corrected chi connectivity index (χ4v) is 1.26. The molecule has 1 rings (SSSR count). The summed E-state index contributed by atoms with van der Waals surface area (Å²) >= 11 is 0. The van der Waals surface area contributed by atoms with Crippen molar-refractivity contribution in [3.8, 4) is 6.07 Å². The van der Waals surface area contributed by atoms with Gasteiger partial charge in [-0.25, -0.2) is 0 Å². The van der Waals surface area contributed by atoms with Gasteiger partial charge in [0.1, 0.15) is 6.42 Å². The number of aryl methyl sites for hydroxylation is 1. The van der Waals surface area contributed by atoms with Gasteiger partial charge in [-0.3, -0.25) is 4.79 Å². The Bertz CT molecular complexity index is 379. The van der Waals surface area contributed by atoms with Crippen LogP contribution in [-0.4, -0.2) is 13.0 Å². The number of benzene rings is 1. The highest BCUT2D eigenvalue weighted by atomic mass is 16.2. The van der Waals surface area contributed by atoms with E-state index in [9.17, 15) is 4.79 Å². The second kappa shape index (κ2) is 4.43. The summed E-state index contributed by atoms with van der Waals surface area (Å²) in [5.74, 6) is -0.179. The topological polar surface area (TPSA) is 44.1 Å². The number of carbonyl (C=O) groups is 1. The van der Waals surface area contributed by atoms with E-state index in [-0.39, 0.29) is 12.3 Å². The molecule has 0 radical (unpaired) electrons. The van der Waals surface area contributed by atoms with Crippen molar-refractivity contribution in [1.82, 2.24) is 0 Å². The normalized spacial score (nSPS) is 9.21. The molecule has 0 aliphatic rings. The molecule has 0 aromatic heterocycles. The number of hydrogen-bond donors (Lipinski definition) is 0. The molecule has 0 unspecified atom stereocenters. The summed E-state index contributed by atoms with van der Waals surface area (Å²) in [5, 5.41) is 8.40. The second-order valence-electron chi connectivity index (χ2n) is 3.07. The molecule has 1 aromatic carbocycles. The third-order valence-corrected chi connectivity index (χ3v) is 2.08. The summed E-state index contributed by atoms with van der Waals surface area (Å²) in [4.78, 5) is 12.9. The van der Waals surface area contributed by atoms with Crippen LogP contribution in [0.1, 0.15) is 12.0 Å². The van der Waals surface area contributed by atoms with Crippen LogP contribution in [0.4, 0.5) is 5.69 Å². The molecule has 0 heterocycles. The van der Waals surface area contributed by atoms with E-state index in [1.165, 1.54) is 4.90 Å². The van der Waals surface area contributed by atoms with Gasteiger partial charge in [0.15, 0.2) is 0 Å². The summed E-state index contributed by atoms with van der Waals surface area (Å²) in [7, 11) is 1.68. The smallest absolute Gasteiger partial charge is 0.240 e. The van der Waals surface area contributed by atoms with Gasteiger partial charge in [0.25, 0.3) is 0 Å². The van der Waals surface area contributed by atoms with Gasteiger partial charge in [0, 0.05) is 12.7 Å². The third-order valence-electron chi connectivity index (χ3n) is 2.08. The third kappa shape index (κ3) is 2.11. The van der Waals surface area contributed by atoms with E-state index < -0.39 is 0 Å². The van der Waals surface area contributed by atoms with Crippen LogP contribution in [0.2, 0.25) is 0 Å². The monoisotopic (exact) mass is 188 g/mol. The van der Waals surface area contributed by atoms with Gasteiger partial charge < -0.3 is 4.90 Å². The number of para-hydroxylation sites is 1. The zero-order chi connectivity index (χ0) is 10.6. The summed E-state index contributed by atoms with van der Waals surface area (Å²) in [6, 6.07) is 9.44. The minimum absolute atomic E-state index is 0.0785. The molecule has 1 amide bonds. The fourth-order valence-electron chi connectivity index (χ4n) is 1.26. The average Bonchev–Trinajstić information content (AvgIpc) is 2.18. The zero-order valence-corrected chi connectivity index (χ0v) is 8.32. The molecule has 3 heteroatoms. The first-order valence-electron chi connectivity index (χ1n) is 4.36. The maximum absolute atomic E-state index is 11.4. The van der Waals surface area contributed by atoms with Crippen LogP contribution in [0.25, 0.3) is 0 Å². The predicted molar refractivity (Wildman–Crippen MR) is 54.8 cm³/mol. The molecule has 72 valence electrons. The van der Waals surface area contributed by atoms with Crippen LogP contribution in [0, 0.1) is 18.3 Å². The molecule has 3 nitrogen and oxygen atoms in total. The number of anilines is 1. The maximum Gasteiger partial charge on any atom is 0.240 e. The van der Waals surface area contributed by atoms with Crippen LogP contribution in [0.5, 0.6) is 0 Å². The molecule has 0 saturated heterocycles. The van der Waals surface area contributed by atoms with Crippen molar-refractivity contribution in [3.63, 3.8) is 0 Å². The Morgan fingerprint density at radius 2 is 2.14 bits per heavy atom. The van der Waals surface area contributed by atoms with Gasteiger partial charge in [-0.2, -0.15) is 5.26 Å². The Kier molecular flexibility index (Phi) is 3.24. The lowest BCUT2D eigenvalue weighted by Crippen LogP contribution is -2.26. The summed E-state index contributed by atoms with van der Waals surface area (Å²) in [6.07, 6.45) is -0.0785. The summed E-state index contributed by atoms with van der Waals surface area (Å²) in [6.45, 7) is 1.94. The van der Waals surface area contributed by atoms with Crippen LogP contribution in [0.15, 0.2) is 24.3 Å². The number of carbonyl (C=O) groups excluding carboxylic acids is 1. The number of amides is 1. The minimum Gasteiger partial charge on any atom is -0.314 e. The van der Waals surface area contributed by atoms with Gasteiger partial charge in [0.05, 0.1) is 6.07 Å². The standard InChI is InChI=1S/C11H12N2O/c1-9-5-3-4-6-10(9)13(2)11(14)7-8-12/h3-6H,7H2,1-2H3. The minimum atomic E-state index is -0.179. The molecule has 0 aliphatic carbocycles. The molecule has 0 aliphatic heterocycles. The predicted octanol–water partition coefficient (Wildman–Crippen LogP) is 1.87. The van der Waals surface area contributed by atoms with E-state index in [4.69, 9.17) is 5.26 Å². The number of rotatable bonds is 2. The van der Waals surface area contributed by atoms with Crippen LogP contribution < -0.4 is 4.90 Å². The Balaban J connectivity index is 2.90. The second-order valence-corrected chi connectivity index (χ2v) is 3.07. The summed E-state index contributed by atoms with van der Waals surface area (Å²) < 4.78 is 0. The Hall–Kier alpha value is -1.82. The molecule has 0 atom stereocenters. The van der Waals surface area contributed by atoms with Crippen molar-refractivity contribution >= 4 is 11.6 Å². The molecule has 0 saturated carbocycles. The lowest BCUT2D eigenvalue weighted by molar-refractivity contribution is -0.117. The lowest BCUT2D eigenvalue weighted by atomic mass is 10.2. The van der Waals surface area contributed by atoms with Crippen LogP contribution >= 0.6 is 0 Å². The largest absolute Gasteiger partial charge is 0.314 e. The van der Waals surface area contributed by atoms with Gasteiger partial charge >= 0.3 is 0 Å². The van der Waals surface area contributed by atoms with E-state index in [0.29, 0.717) is 0 Å². The van der Waals surface area contributed by atoms with Crippen molar-refractivity contribution < 1.29 is 4.79 Å². The van der Waals surface area contributed by atoms with Gasteiger partial charge in [-0.05, 0) is 18.6 Å². The molecule has 0 spiro atoms. The first-order valence-corrected chi connectivity index (χ1v) is 4.36. The van der Waals surface area contributed by atoms with Crippen LogP contribution in [-0.2, 0) is 4.79 Å². The molecule has 0 fully saturated rings. The van der Waals surface area contributed by atoms with Gasteiger partial charge in [0.2, 0.25) is 5.91 Å². The van der Waals surface area contributed by atoms with E-state index in [2.05, 4.69) is 0 Å². The highest BCUT2D eigenvalue weighted by Crippen LogP contribution is 2.18. The van der Waals surface area contributed by atoms with Gasteiger partial charge in [-0.1, -0.05) is 18.2 Å². The number of nitrogens with zero attached hydrogens (tertiary/aromatic N) is 2. The molecule has 0 bridgehead atoms. The Morgan fingerprint density at radius 3 is 2.71 bits per heavy atom. The maximum atomic E-state index is 11.4. The lowest BCUT2D eigenvalue weighted by Gasteiger charge is -2.17. The summed E-state index contributed by atoms with van der Waals surface area (Å²) in [5.41, 5.74) is 1.88. The molecule has 14 heavy (non-hydrogen) atoms. The molecular weight excluding hydrogens is 176 g/mol. The van der Waals surface area contributed by atoms with Gasteiger partial charge in [-0.15, -0.1) is 0 Å².